The normalized spacial score (nSPS) is 10.3. The molecule has 0 spiro atoms. The van der Waals surface area contributed by atoms with Crippen molar-refractivity contribution < 1.29 is 9.31 Å². The molecule has 0 aliphatic carbocycles. The molecule has 0 fully saturated rings. The van der Waals surface area contributed by atoms with Crippen molar-refractivity contribution in [1.29, 1.82) is 0 Å². The number of rotatable bonds is 3. The number of benzene rings is 2. The molecule has 0 aromatic heterocycles. The first-order valence-electron chi connectivity index (χ1n) is 5.14. The molecule has 2 aromatic carbocycles. The van der Waals surface area contributed by atoms with Crippen molar-refractivity contribution in [2.45, 2.75) is 0 Å². The van der Waals surface area contributed by atoms with E-state index in [0.29, 0.717) is 5.69 Å². The molecule has 0 saturated carbocycles. The van der Waals surface area contributed by atoms with Gasteiger partial charge in [0.05, 0.1) is 20.7 Å². The second-order valence-corrected chi connectivity index (χ2v) is 4.43. The van der Waals surface area contributed by atoms with Crippen LogP contribution >= 0.6 is 23.2 Å². The minimum atomic E-state index is -0.932. The highest BCUT2D eigenvalue weighted by atomic mass is 35.5. The van der Waals surface area contributed by atoms with Gasteiger partial charge in [-0.2, -0.15) is 4.39 Å². The van der Waals surface area contributed by atoms with Crippen LogP contribution in [0.25, 0.3) is 0 Å². The summed E-state index contributed by atoms with van der Waals surface area (Å²) in [6.45, 7) is 0. The Morgan fingerprint density at radius 3 is 2.26 bits per heavy atom. The number of halogens is 3. The molecule has 0 radical (unpaired) electrons. The van der Waals surface area contributed by atoms with Gasteiger partial charge in [-0.15, -0.1) is 0 Å². The fourth-order valence-electron chi connectivity index (χ4n) is 1.55. The highest BCUT2D eigenvalue weighted by Crippen LogP contribution is 2.36. The maximum absolute atomic E-state index is 13.5. The van der Waals surface area contributed by atoms with Crippen LogP contribution in [0.2, 0.25) is 10.0 Å². The van der Waals surface area contributed by atoms with Gasteiger partial charge in [0.15, 0.2) is 0 Å². The van der Waals surface area contributed by atoms with E-state index in [4.69, 9.17) is 23.2 Å². The van der Waals surface area contributed by atoms with Gasteiger partial charge in [-0.1, -0.05) is 35.3 Å². The van der Waals surface area contributed by atoms with Gasteiger partial charge < -0.3 is 5.32 Å². The summed E-state index contributed by atoms with van der Waals surface area (Å²) < 4.78 is 13.5. The van der Waals surface area contributed by atoms with E-state index in [1.54, 1.807) is 18.2 Å². The van der Waals surface area contributed by atoms with E-state index in [9.17, 15) is 14.5 Å². The first-order valence-corrected chi connectivity index (χ1v) is 5.90. The van der Waals surface area contributed by atoms with E-state index in [-0.39, 0.29) is 15.7 Å². The Kier molecular flexibility index (Phi) is 3.87. The first kappa shape index (κ1) is 13.6. The number of anilines is 2. The Morgan fingerprint density at radius 2 is 1.68 bits per heavy atom. The topological polar surface area (TPSA) is 55.2 Å². The van der Waals surface area contributed by atoms with Crippen molar-refractivity contribution in [2.24, 2.45) is 0 Å². The van der Waals surface area contributed by atoms with Gasteiger partial charge in [-0.05, 0) is 24.3 Å². The predicted octanol–water partition coefficient (Wildman–Crippen LogP) is 4.78. The summed E-state index contributed by atoms with van der Waals surface area (Å²) >= 11 is 11.9. The molecular weight excluding hydrogens is 294 g/mol. The first-order chi connectivity index (χ1) is 9.00. The van der Waals surface area contributed by atoms with Gasteiger partial charge in [0, 0.05) is 0 Å². The fraction of sp³-hybridized carbons (Fsp3) is 0. The molecule has 0 bridgehead atoms. The van der Waals surface area contributed by atoms with Crippen LogP contribution in [0, 0.1) is 15.9 Å². The summed E-state index contributed by atoms with van der Waals surface area (Å²) in [6.07, 6.45) is 0. The molecule has 0 amide bonds. The largest absolute Gasteiger partial charge is 0.347 e. The quantitative estimate of drug-likeness (QED) is 0.655. The third-order valence-electron chi connectivity index (χ3n) is 2.39. The van der Waals surface area contributed by atoms with Gasteiger partial charge in [-0.25, -0.2) is 0 Å². The molecule has 2 aromatic rings. The number of nitrogens with one attached hydrogen (secondary N) is 1. The standard InChI is InChI=1S/C12H7Cl2FN2O2/c13-7-3-1-4-8(14)11(7)16-10-6-2-5-9(15)12(10)17(18)19/h1-6,16H. The zero-order chi connectivity index (χ0) is 14.0. The molecule has 0 aliphatic heterocycles. The highest BCUT2D eigenvalue weighted by Gasteiger charge is 2.21. The van der Waals surface area contributed by atoms with Crippen LogP contribution in [0.15, 0.2) is 36.4 Å². The van der Waals surface area contributed by atoms with E-state index in [0.717, 1.165) is 6.07 Å². The van der Waals surface area contributed by atoms with Crippen molar-refractivity contribution in [3.8, 4) is 0 Å². The Labute approximate surface area is 117 Å². The van der Waals surface area contributed by atoms with Crippen molar-refractivity contribution in [1.82, 2.24) is 0 Å². The number of nitrogens with zero attached hydrogens (tertiary/aromatic N) is 1. The van der Waals surface area contributed by atoms with Crippen LogP contribution in [0.1, 0.15) is 0 Å². The monoisotopic (exact) mass is 300 g/mol. The second kappa shape index (κ2) is 5.42. The summed E-state index contributed by atoms with van der Waals surface area (Å²) in [6, 6.07) is 8.52. The minimum Gasteiger partial charge on any atom is -0.347 e. The number of hydrogen-bond donors (Lipinski definition) is 1. The van der Waals surface area contributed by atoms with Crippen LogP contribution in [0.5, 0.6) is 0 Å². The molecule has 4 nitrogen and oxygen atoms in total. The summed E-state index contributed by atoms with van der Waals surface area (Å²) in [7, 11) is 0. The van der Waals surface area contributed by atoms with E-state index < -0.39 is 16.4 Å². The third-order valence-corrected chi connectivity index (χ3v) is 3.02. The lowest BCUT2D eigenvalue weighted by Crippen LogP contribution is -2.00. The maximum atomic E-state index is 13.5. The summed E-state index contributed by atoms with van der Waals surface area (Å²) in [5, 5.41) is 14.1. The van der Waals surface area contributed by atoms with Crippen LogP contribution in [-0.4, -0.2) is 4.92 Å². The van der Waals surface area contributed by atoms with Gasteiger partial charge >= 0.3 is 5.69 Å². The van der Waals surface area contributed by atoms with Crippen molar-refractivity contribution in [3.63, 3.8) is 0 Å². The SMILES string of the molecule is O=[N+]([O-])c1c(F)cccc1Nc1c(Cl)cccc1Cl. The third kappa shape index (κ3) is 2.77. The molecule has 1 N–H and O–H groups in total. The summed E-state index contributed by atoms with van der Waals surface area (Å²) in [4.78, 5) is 10.1. The van der Waals surface area contributed by atoms with E-state index in [1.165, 1.54) is 12.1 Å². The predicted molar refractivity (Wildman–Crippen MR) is 72.8 cm³/mol. The zero-order valence-electron chi connectivity index (χ0n) is 9.36. The number of hydrogen-bond acceptors (Lipinski definition) is 3. The molecule has 7 heteroatoms. The van der Waals surface area contributed by atoms with Crippen LogP contribution in [-0.2, 0) is 0 Å². The van der Waals surface area contributed by atoms with Gasteiger partial charge in [-0.3, -0.25) is 10.1 Å². The fourth-order valence-corrected chi connectivity index (χ4v) is 2.05. The second-order valence-electron chi connectivity index (χ2n) is 3.61. The molecular formula is C12H7Cl2FN2O2. The lowest BCUT2D eigenvalue weighted by atomic mass is 10.2. The summed E-state index contributed by atoms with van der Waals surface area (Å²) in [5.74, 6) is -0.932. The van der Waals surface area contributed by atoms with Crippen LogP contribution in [0.3, 0.4) is 0 Å². The van der Waals surface area contributed by atoms with E-state index in [2.05, 4.69) is 5.32 Å². The van der Waals surface area contributed by atoms with Crippen molar-refractivity contribution in [3.05, 3.63) is 62.4 Å². The van der Waals surface area contributed by atoms with Crippen LogP contribution in [0.4, 0.5) is 21.5 Å². The molecule has 0 aliphatic rings. The molecule has 0 saturated heterocycles. The number of nitro benzene ring substituents is 1. The zero-order valence-corrected chi connectivity index (χ0v) is 10.9. The minimum absolute atomic E-state index is 0.0139. The average molecular weight is 301 g/mol. The Balaban J connectivity index is 2.50. The van der Waals surface area contributed by atoms with Crippen molar-refractivity contribution in [2.75, 3.05) is 5.32 Å². The van der Waals surface area contributed by atoms with Gasteiger partial charge in [0.25, 0.3) is 0 Å². The lowest BCUT2D eigenvalue weighted by molar-refractivity contribution is -0.386. The molecule has 2 rings (SSSR count). The van der Waals surface area contributed by atoms with Crippen LogP contribution < -0.4 is 5.32 Å². The molecule has 0 unspecified atom stereocenters. The lowest BCUT2D eigenvalue weighted by Gasteiger charge is -2.10. The van der Waals surface area contributed by atoms with Crippen molar-refractivity contribution >= 4 is 40.3 Å². The number of para-hydroxylation sites is 2. The molecule has 98 valence electrons. The van der Waals surface area contributed by atoms with Gasteiger partial charge in [0.2, 0.25) is 5.82 Å². The summed E-state index contributed by atoms with van der Waals surface area (Å²) in [5.41, 5.74) is -0.377. The van der Waals surface area contributed by atoms with E-state index in [1.807, 2.05) is 0 Å². The maximum Gasteiger partial charge on any atom is 0.327 e. The smallest absolute Gasteiger partial charge is 0.327 e. The number of nitro groups is 1. The van der Waals surface area contributed by atoms with E-state index >= 15 is 0 Å². The molecule has 19 heavy (non-hydrogen) atoms. The van der Waals surface area contributed by atoms with Gasteiger partial charge in [0.1, 0.15) is 5.69 Å². The Hall–Kier alpha value is -1.85. The average Bonchev–Trinajstić information content (AvgIpc) is 2.33. The Morgan fingerprint density at radius 1 is 1.11 bits per heavy atom. The Bertz CT molecular complexity index is 629. The molecule has 0 atom stereocenters. The molecule has 0 heterocycles. The highest BCUT2D eigenvalue weighted by molar-refractivity contribution is 6.39.